The second-order valence-corrected chi connectivity index (χ2v) is 9.22. The number of carbonyl (C=O) groups is 1. The fraction of sp³-hybridized carbons (Fsp3) is 0.375. The molecule has 0 radical (unpaired) electrons. The number of aliphatic hydroxyl groups excluding tert-OH is 1. The van der Waals surface area contributed by atoms with Crippen molar-refractivity contribution < 1.29 is 19.7 Å². The fourth-order valence-electron chi connectivity index (χ4n) is 3.75. The molecular weight excluding hydrogens is 394 g/mol. The number of rotatable bonds is 6. The summed E-state index contributed by atoms with van der Waals surface area (Å²) in [7, 11) is 0. The summed E-state index contributed by atoms with van der Waals surface area (Å²) in [6, 6.07) is 9.73. The first-order chi connectivity index (χ1) is 14.5. The molecule has 2 aromatic carbocycles. The van der Waals surface area contributed by atoms with Gasteiger partial charge >= 0.3 is 5.97 Å². The Labute approximate surface area is 181 Å². The summed E-state index contributed by atoms with van der Waals surface area (Å²) >= 11 is 0. The van der Waals surface area contributed by atoms with Crippen molar-refractivity contribution in [1.82, 2.24) is 14.1 Å². The van der Waals surface area contributed by atoms with Crippen molar-refractivity contribution in [3.05, 3.63) is 59.2 Å². The number of aromatic hydroxyl groups is 1. The van der Waals surface area contributed by atoms with Gasteiger partial charge in [-0.2, -0.15) is 0 Å². The van der Waals surface area contributed by atoms with E-state index in [4.69, 9.17) is 4.74 Å². The van der Waals surface area contributed by atoms with E-state index in [2.05, 4.69) is 27.4 Å². The summed E-state index contributed by atoms with van der Waals surface area (Å²) < 4.78 is 9.18. The Morgan fingerprint density at radius 3 is 2.45 bits per heavy atom. The average Bonchev–Trinajstić information content (AvgIpc) is 3.34. The van der Waals surface area contributed by atoms with Gasteiger partial charge in [-0.3, -0.25) is 0 Å². The monoisotopic (exact) mass is 423 g/mol. The van der Waals surface area contributed by atoms with Crippen molar-refractivity contribution in [1.29, 1.82) is 0 Å². The number of esters is 1. The summed E-state index contributed by atoms with van der Waals surface area (Å²) in [5.74, 6) is -0.174. The number of phenolic OH excluding ortho intramolecular Hbond substituents is 1. The van der Waals surface area contributed by atoms with E-state index in [0.717, 1.165) is 27.7 Å². The Morgan fingerprint density at radius 1 is 1.16 bits per heavy atom. The molecule has 4 rings (SSSR count). The number of nitrogens with zero attached hydrogens (tertiary/aromatic N) is 3. The van der Waals surface area contributed by atoms with E-state index in [9.17, 15) is 15.0 Å². The maximum Gasteiger partial charge on any atom is 0.333 e. The van der Waals surface area contributed by atoms with Crippen LogP contribution in [0.3, 0.4) is 0 Å². The molecule has 7 nitrogen and oxygen atoms in total. The van der Waals surface area contributed by atoms with Gasteiger partial charge < -0.3 is 14.9 Å². The summed E-state index contributed by atoms with van der Waals surface area (Å²) in [6.07, 6.45) is -0.0126. The number of aromatic nitrogens is 3. The number of phenols is 1. The molecule has 4 aromatic rings. The van der Waals surface area contributed by atoms with Gasteiger partial charge in [-0.05, 0) is 48.6 Å². The highest BCUT2D eigenvalue weighted by molar-refractivity contribution is 5.86. The van der Waals surface area contributed by atoms with Gasteiger partial charge in [-0.15, -0.1) is 14.1 Å². The predicted molar refractivity (Wildman–Crippen MR) is 119 cm³/mol. The van der Waals surface area contributed by atoms with Gasteiger partial charge in [0.05, 0.1) is 12.7 Å². The standard InChI is InChI=1S/C24H29N3O4/c1-14(2)23(30)31-10-9-16-11-18(24(4,5)6)22(29)21(12-16)27-25-19-8-7-17(15(3)28)13-20(19)26(25)27/h7-8,11-13,15,28-29H,1,9-10H2,2-6H3. The van der Waals surface area contributed by atoms with Gasteiger partial charge in [0, 0.05) is 17.6 Å². The molecule has 7 heteroatoms. The Morgan fingerprint density at radius 2 is 1.84 bits per heavy atom. The molecule has 0 aliphatic heterocycles. The first kappa shape index (κ1) is 21.1. The maximum atomic E-state index is 11.7. The lowest BCUT2D eigenvalue weighted by atomic mass is 9.84. The van der Waals surface area contributed by atoms with Gasteiger partial charge in [0.2, 0.25) is 0 Å². The van der Waals surface area contributed by atoms with Gasteiger partial charge in [-0.25, -0.2) is 4.79 Å². The molecule has 1 unspecified atom stereocenters. The number of hydrogen-bond acceptors (Lipinski definition) is 4. The highest BCUT2D eigenvalue weighted by Gasteiger charge is 2.29. The minimum Gasteiger partial charge on any atom is -0.505 e. The van der Waals surface area contributed by atoms with Crippen LogP contribution in [0.1, 0.15) is 57.4 Å². The molecule has 164 valence electrons. The Hall–Kier alpha value is -3.19. The zero-order chi connectivity index (χ0) is 22.7. The van der Waals surface area contributed by atoms with E-state index >= 15 is 0 Å². The van der Waals surface area contributed by atoms with Gasteiger partial charge in [0.1, 0.15) is 22.5 Å². The number of hydrogen-bond donors (Lipinski definition) is 2. The van der Waals surface area contributed by atoms with Crippen LogP contribution >= 0.6 is 0 Å². The molecule has 0 spiro atoms. The second kappa shape index (κ2) is 7.20. The maximum absolute atomic E-state index is 11.7. The Balaban J connectivity index is 1.73. The lowest BCUT2D eigenvalue weighted by Gasteiger charge is -2.22. The highest BCUT2D eigenvalue weighted by Crippen LogP contribution is 2.39. The summed E-state index contributed by atoms with van der Waals surface area (Å²) in [5.41, 5.74) is 5.41. The first-order valence-corrected chi connectivity index (χ1v) is 10.4. The van der Waals surface area contributed by atoms with E-state index in [1.807, 2.05) is 44.4 Å². The van der Waals surface area contributed by atoms with E-state index in [0.29, 0.717) is 17.7 Å². The van der Waals surface area contributed by atoms with E-state index < -0.39 is 12.1 Å². The molecule has 0 saturated carbocycles. The van der Waals surface area contributed by atoms with Crippen LogP contribution in [-0.2, 0) is 21.4 Å². The third-order valence-electron chi connectivity index (χ3n) is 5.57. The molecule has 0 aliphatic rings. The van der Waals surface area contributed by atoms with Crippen molar-refractivity contribution >= 4 is 17.0 Å². The molecule has 2 heterocycles. The molecule has 2 N–H and O–H groups in total. The zero-order valence-corrected chi connectivity index (χ0v) is 18.6. The average molecular weight is 424 g/mol. The van der Waals surface area contributed by atoms with Crippen molar-refractivity contribution in [3.8, 4) is 11.4 Å². The lowest BCUT2D eigenvalue weighted by molar-refractivity contribution is -0.138. The van der Waals surface area contributed by atoms with E-state index in [1.165, 1.54) is 0 Å². The first-order valence-electron chi connectivity index (χ1n) is 10.4. The molecule has 0 amide bonds. The third-order valence-corrected chi connectivity index (χ3v) is 5.57. The smallest absolute Gasteiger partial charge is 0.333 e. The Bertz CT molecular complexity index is 1280. The molecule has 31 heavy (non-hydrogen) atoms. The fourth-order valence-corrected chi connectivity index (χ4v) is 3.75. The van der Waals surface area contributed by atoms with E-state index in [1.54, 1.807) is 13.8 Å². The number of fused-ring (bicyclic) bond motifs is 4. The van der Waals surface area contributed by atoms with Crippen LogP contribution in [0.25, 0.3) is 16.7 Å². The van der Waals surface area contributed by atoms with Crippen molar-refractivity contribution in [3.63, 3.8) is 0 Å². The van der Waals surface area contributed by atoms with Crippen LogP contribution in [0, 0.1) is 0 Å². The van der Waals surface area contributed by atoms with Gasteiger partial charge in [0.25, 0.3) is 0 Å². The van der Waals surface area contributed by atoms with Gasteiger partial charge in [-0.1, -0.05) is 39.5 Å². The molecule has 1 atom stereocenters. The van der Waals surface area contributed by atoms with Crippen molar-refractivity contribution in [2.24, 2.45) is 0 Å². The SMILES string of the molecule is C=C(C)C(=O)OCCc1cc(-n2n3c4ccc(C(C)O)cc4n23)c(O)c(C(C)(C)C)c1. The summed E-state index contributed by atoms with van der Waals surface area (Å²) in [4.78, 5) is 13.6. The zero-order valence-electron chi connectivity index (χ0n) is 18.6. The van der Waals surface area contributed by atoms with Crippen molar-refractivity contribution in [2.45, 2.75) is 52.6 Å². The lowest BCUT2D eigenvalue weighted by Crippen LogP contribution is -2.14. The van der Waals surface area contributed by atoms with Crippen LogP contribution in [0.15, 0.2) is 42.5 Å². The van der Waals surface area contributed by atoms with Crippen LogP contribution in [0.5, 0.6) is 5.75 Å². The molecule has 0 fully saturated rings. The Kier molecular flexibility index (Phi) is 4.89. The number of benzene rings is 2. The van der Waals surface area contributed by atoms with Crippen LogP contribution in [0.4, 0.5) is 0 Å². The number of aliphatic hydroxyl groups is 1. The largest absolute Gasteiger partial charge is 0.505 e. The summed E-state index contributed by atoms with van der Waals surface area (Å²) in [6.45, 7) is 13.4. The van der Waals surface area contributed by atoms with Crippen LogP contribution in [-0.4, -0.2) is 36.8 Å². The molecule has 0 bridgehead atoms. The van der Waals surface area contributed by atoms with Gasteiger partial charge in [0.15, 0.2) is 0 Å². The minimum atomic E-state index is -0.543. The second-order valence-electron chi connectivity index (χ2n) is 9.22. The highest BCUT2D eigenvalue weighted by atomic mass is 16.5. The number of ether oxygens (including phenoxy) is 1. The molecule has 0 saturated heterocycles. The number of carbonyl (C=O) groups excluding carboxylic acids is 1. The molecule has 0 aliphatic carbocycles. The third kappa shape index (κ3) is 3.59. The van der Waals surface area contributed by atoms with Crippen LogP contribution in [0.2, 0.25) is 0 Å². The summed E-state index contributed by atoms with van der Waals surface area (Å²) in [5, 5.41) is 21.0. The minimum absolute atomic E-state index is 0.228. The topological polar surface area (TPSA) is 80.5 Å². The van der Waals surface area contributed by atoms with Crippen molar-refractivity contribution in [2.75, 3.05) is 6.61 Å². The molecular formula is C24H29N3O4. The molecule has 2 aromatic heterocycles. The normalized spacial score (nSPS) is 13.4. The van der Waals surface area contributed by atoms with E-state index in [-0.39, 0.29) is 17.8 Å². The predicted octanol–water partition coefficient (Wildman–Crippen LogP) is 4.14. The van der Waals surface area contributed by atoms with Crippen LogP contribution < -0.4 is 0 Å². The quantitative estimate of drug-likeness (QED) is 0.361.